The molecule has 1 atom stereocenters. The average Bonchev–Trinajstić information content (AvgIpc) is 3.43. The van der Waals surface area contributed by atoms with Gasteiger partial charge < -0.3 is 19.9 Å². The van der Waals surface area contributed by atoms with Crippen LogP contribution in [-0.4, -0.2) is 55.1 Å². The van der Waals surface area contributed by atoms with Gasteiger partial charge in [0, 0.05) is 24.6 Å². The van der Waals surface area contributed by atoms with E-state index in [-0.39, 0.29) is 17.5 Å². The van der Waals surface area contributed by atoms with Crippen molar-refractivity contribution in [2.45, 2.75) is 17.4 Å². The van der Waals surface area contributed by atoms with Gasteiger partial charge in [-0.05, 0) is 60.5 Å². The number of benzene rings is 3. The van der Waals surface area contributed by atoms with Crippen molar-refractivity contribution in [2.75, 3.05) is 26.0 Å². The summed E-state index contributed by atoms with van der Waals surface area (Å²) < 4.78 is 36.2. The highest BCUT2D eigenvalue weighted by Gasteiger charge is 2.15. The van der Waals surface area contributed by atoms with E-state index in [2.05, 4.69) is 10.3 Å². The maximum atomic E-state index is 12.4. The third kappa shape index (κ3) is 7.21. The summed E-state index contributed by atoms with van der Waals surface area (Å²) in [6.45, 7) is 0.684. The van der Waals surface area contributed by atoms with Gasteiger partial charge in [-0.3, -0.25) is 4.57 Å². The van der Waals surface area contributed by atoms with Crippen molar-refractivity contribution in [2.24, 2.45) is 0 Å². The highest BCUT2D eigenvalue weighted by atomic mass is 32.2. The number of aliphatic hydroxyl groups is 1. The van der Waals surface area contributed by atoms with Gasteiger partial charge in [0.05, 0.1) is 23.8 Å². The Morgan fingerprint density at radius 2 is 1.71 bits per heavy atom. The van der Waals surface area contributed by atoms with Crippen LogP contribution in [0.1, 0.15) is 18.1 Å². The number of hydrogen-bond acceptors (Lipinski definition) is 7. The Balaban J connectivity index is 1.29. The number of carbonyl (C=O) groups is 1. The van der Waals surface area contributed by atoms with Crippen molar-refractivity contribution in [3.05, 3.63) is 97.0 Å². The predicted octanol–water partition coefficient (Wildman–Crippen LogP) is 4.09. The lowest BCUT2D eigenvalue weighted by molar-refractivity contribution is 0.116. The Hall–Kier alpha value is -4.15. The fourth-order valence-corrected chi connectivity index (χ4v) is 4.29. The van der Waals surface area contributed by atoms with Crippen molar-refractivity contribution in [3.63, 3.8) is 0 Å². The summed E-state index contributed by atoms with van der Waals surface area (Å²) in [4.78, 5) is 17.0. The molecule has 0 saturated carbocycles. The predicted molar refractivity (Wildman–Crippen MR) is 143 cm³/mol. The molecule has 0 unspecified atom stereocenters. The van der Waals surface area contributed by atoms with Gasteiger partial charge in [-0.25, -0.2) is 18.2 Å². The summed E-state index contributed by atoms with van der Waals surface area (Å²) in [5.41, 5.74) is 2.06. The summed E-state index contributed by atoms with van der Waals surface area (Å²) in [5.74, 6) is 1.32. The summed E-state index contributed by atoms with van der Waals surface area (Å²) >= 11 is 0. The summed E-state index contributed by atoms with van der Waals surface area (Å²) in [6, 6.07) is 22.6. The minimum absolute atomic E-state index is 0.201. The van der Waals surface area contributed by atoms with Crippen molar-refractivity contribution < 1.29 is 27.8 Å². The van der Waals surface area contributed by atoms with E-state index in [1.165, 1.54) is 23.0 Å². The van der Waals surface area contributed by atoms with Gasteiger partial charge in [0.15, 0.2) is 9.84 Å². The molecule has 1 heterocycles. The lowest BCUT2D eigenvalue weighted by Gasteiger charge is -2.18. The molecule has 0 spiro atoms. The van der Waals surface area contributed by atoms with E-state index < -0.39 is 15.9 Å². The number of ether oxygens (including phenoxy) is 2. The normalized spacial score (nSPS) is 12.1. The zero-order chi connectivity index (χ0) is 27.0. The van der Waals surface area contributed by atoms with Gasteiger partial charge in [-0.15, -0.1) is 0 Å². The summed E-state index contributed by atoms with van der Waals surface area (Å²) in [7, 11) is -3.30. The smallest absolute Gasteiger partial charge is 0.326 e. The van der Waals surface area contributed by atoms with E-state index in [1.807, 2.05) is 42.5 Å². The minimum atomic E-state index is -3.30. The molecular weight excluding hydrogens is 506 g/mol. The topological polar surface area (TPSA) is 120 Å². The fourth-order valence-electron chi connectivity index (χ4n) is 3.66. The Morgan fingerprint density at radius 1 is 1.00 bits per heavy atom. The van der Waals surface area contributed by atoms with Crippen LogP contribution in [0.15, 0.2) is 96.3 Å². The number of nitrogens with one attached hydrogen (secondary N) is 1. The number of rotatable bonds is 11. The first-order chi connectivity index (χ1) is 18.3. The quantitative estimate of drug-likeness (QED) is 0.278. The van der Waals surface area contributed by atoms with Crippen molar-refractivity contribution >= 4 is 15.9 Å². The van der Waals surface area contributed by atoms with Crippen LogP contribution >= 0.6 is 0 Å². The first-order valence-electron chi connectivity index (χ1n) is 12.0. The molecule has 4 rings (SSSR count). The standard InChI is InChI=1S/C28H29N3O6S/c1-38(34,35)25-14-10-22(11-15-25)27(19-32)37-24-12-8-21(9-13-24)26-18-31(20-30-26)28(33)29-16-5-17-36-23-6-3-2-4-7-23/h2-4,6-15,18,20,27,32H,5,16-17,19H2,1H3,(H,29,33)/t27-/m0/s1. The molecular formula is C28H29N3O6S. The van der Waals surface area contributed by atoms with E-state index in [0.29, 0.717) is 36.6 Å². The Bertz CT molecular complexity index is 1440. The first-order valence-corrected chi connectivity index (χ1v) is 13.9. The lowest BCUT2D eigenvalue weighted by Crippen LogP contribution is -2.29. The highest BCUT2D eigenvalue weighted by molar-refractivity contribution is 7.90. The molecule has 3 aromatic carbocycles. The van der Waals surface area contributed by atoms with Crippen LogP contribution in [0.4, 0.5) is 4.79 Å². The molecule has 0 bridgehead atoms. The number of carbonyl (C=O) groups excluding carboxylic acids is 1. The minimum Gasteiger partial charge on any atom is -0.494 e. The monoisotopic (exact) mass is 535 g/mol. The van der Waals surface area contributed by atoms with Gasteiger partial charge in [-0.1, -0.05) is 30.3 Å². The number of nitrogens with zero attached hydrogens (tertiary/aromatic N) is 2. The van der Waals surface area contributed by atoms with Gasteiger partial charge in [0.25, 0.3) is 0 Å². The van der Waals surface area contributed by atoms with Crippen LogP contribution in [0.2, 0.25) is 0 Å². The van der Waals surface area contributed by atoms with Gasteiger partial charge in [0.1, 0.15) is 23.9 Å². The molecule has 0 aliphatic carbocycles. The lowest BCUT2D eigenvalue weighted by atomic mass is 10.1. The molecule has 198 valence electrons. The number of aromatic nitrogens is 2. The maximum Gasteiger partial charge on any atom is 0.326 e. The summed E-state index contributed by atoms with van der Waals surface area (Å²) in [5, 5.41) is 12.6. The molecule has 4 aromatic rings. The third-order valence-corrected chi connectivity index (χ3v) is 6.83. The molecule has 1 aromatic heterocycles. The van der Waals surface area contributed by atoms with Crippen molar-refractivity contribution in [1.82, 2.24) is 14.9 Å². The average molecular weight is 536 g/mol. The van der Waals surface area contributed by atoms with Crippen LogP contribution in [0.3, 0.4) is 0 Å². The number of para-hydroxylation sites is 1. The molecule has 10 heteroatoms. The van der Waals surface area contributed by atoms with Gasteiger partial charge >= 0.3 is 6.03 Å². The van der Waals surface area contributed by atoms with Crippen LogP contribution in [0.25, 0.3) is 11.3 Å². The molecule has 9 nitrogen and oxygen atoms in total. The number of amides is 1. The molecule has 0 aliphatic rings. The summed E-state index contributed by atoms with van der Waals surface area (Å²) in [6.07, 6.45) is 4.25. The number of imidazole rings is 1. The van der Waals surface area contributed by atoms with Gasteiger partial charge in [0.2, 0.25) is 0 Å². The highest BCUT2D eigenvalue weighted by Crippen LogP contribution is 2.26. The Labute approximate surface area is 221 Å². The Kier molecular flexibility index (Phi) is 8.77. The van der Waals surface area contributed by atoms with Crippen LogP contribution in [-0.2, 0) is 9.84 Å². The van der Waals surface area contributed by atoms with E-state index >= 15 is 0 Å². The van der Waals surface area contributed by atoms with E-state index in [1.54, 1.807) is 30.5 Å². The molecule has 0 saturated heterocycles. The maximum absolute atomic E-state index is 12.4. The van der Waals surface area contributed by atoms with Crippen molar-refractivity contribution in [3.8, 4) is 22.8 Å². The number of sulfone groups is 1. The van der Waals surface area contributed by atoms with Crippen LogP contribution in [0.5, 0.6) is 11.5 Å². The van der Waals surface area contributed by atoms with E-state index in [0.717, 1.165) is 17.6 Å². The molecule has 1 amide bonds. The molecule has 38 heavy (non-hydrogen) atoms. The largest absolute Gasteiger partial charge is 0.494 e. The first kappa shape index (κ1) is 26.9. The number of hydrogen-bond donors (Lipinski definition) is 2. The second kappa shape index (κ2) is 12.4. The Morgan fingerprint density at radius 3 is 2.37 bits per heavy atom. The molecule has 0 aliphatic heterocycles. The number of aliphatic hydroxyl groups excluding tert-OH is 1. The van der Waals surface area contributed by atoms with Gasteiger partial charge in [-0.2, -0.15) is 0 Å². The molecule has 0 radical (unpaired) electrons. The van der Waals surface area contributed by atoms with Crippen molar-refractivity contribution in [1.29, 1.82) is 0 Å². The zero-order valence-electron chi connectivity index (χ0n) is 20.9. The zero-order valence-corrected chi connectivity index (χ0v) is 21.7. The van der Waals surface area contributed by atoms with Crippen LogP contribution in [0, 0.1) is 0 Å². The van der Waals surface area contributed by atoms with Crippen LogP contribution < -0.4 is 14.8 Å². The molecule has 0 fully saturated rings. The SMILES string of the molecule is CS(=O)(=O)c1ccc([C@H](CO)Oc2ccc(-c3cn(C(=O)NCCCOc4ccccc4)cn3)cc2)cc1. The van der Waals surface area contributed by atoms with E-state index in [4.69, 9.17) is 9.47 Å². The third-order valence-electron chi connectivity index (χ3n) is 5.70. The molecule has 2 N–H and O–H groups in total. The van der Waals surface area contributed by atoms with E-state index in [9.17, 15) is 18.3 Å². The second-order valence-corrected chi connectivity index (χ2v) is 10.6. The fraction of sp³-hybridized carbons (Fsp3) is 0.214. The second-order valence-electron chi connectivity index (χ2n) is 8.57.